The Hall–Kier alpha value is -3.49. The van der Waals surface area contributed by atoms with E-state index in [9.17, 15) is 4.79 Å². The van der Waals surface area contributed by atoms with E-state index in [4.69, 9.17) is 0 Å². The Kier molecular flexibility index (Phi) is 7.48. The normalized spacial score (nSPS) is 16.0. The molecule has 0 bridgehead atoms. The van der Waals surface area contributed by atoms with Gasteiger partial charge in [-0.3, -0.25) is 4.79 Å². The molecular formula is C31H36N6OS. The summed E-state index contributed by atoms with van der Waals surface area (Å²) in [6.07, 6.45) is 5.46. The second kappa shape index (κ2) is 11.3. The molecule has 8 heteroatoms. The van der Waals surface area contributed by atoms with E-state index in [1.54, 1.807) is 17.7 Å². The predicted molar refractivity (Wildman–Crippen MR) is 161 cm³/mol. The first-order chi connectivity index (χ1) is 19.1. The van der Waals surface area contributed by atoms with E-state index >= 15 is 0 Å². The number of piperazine rings is 1. The van der Waals surface area contributed by atoms with Crippen LogP contribution in [-0.2, 0) is 17.6 Å². The van der Waals surface area contributed by atoms with E-state index in [1.807, 2.05) is 6.07 Å². The van der Waals surface area contributed by atoms with Crippen LogP contribution in [0, 0.1) is 12.8 Å². The molecule has 6 rings (SSSR count). The first kappa shape index (κ1) is 25.8. The van der Waals surface area contributed by atoms with Crippen molar-refractivity contribution in [2.75, 3.05) is 48.3 Å². The maximum absolute atomic E-state index is 12.2. The quantitative estimate of drug-likeness (QED) is 0.271. The van der Waals surface area contributed by atoms with Gasteiger partial charge in [-0.2, -0.15) is 0 Å². The van der Waals surface area contributed by atoms with Gasteiger partial charge in [-0.05, 0) is 97.6 Å². The van der Waals surface area contributed by atoms with E-state index in [-0.39, 0.29) is 11.8 Å². The molecular weight excluding hydrogens is 504 g/mol. The van der Waals surface area contributed by atoms with Crippen molar-refractivity contribution >= 4 is 50.3 Å². The number of fused-ring (bicyclic) bond motifs is 1. The molecule has 2 fully saturated rings. The van der Waals surface area contributed by atoms with Crippen LogP contribution in [-0.4, -0.2) is 53.5 Å². The first-order valence-electron chi connectivity index (χ1n) is 14.0. The van der Waals surface area contributed by atoms with Crippen molar-refractivity contribution in [3.8, 4) is 0 Å². The van der Waals surface area contributed by atoms with E-state index in [2.05, 4.69) is 86.0 Å². The number of nitrogens with one attached hydrogen (secondary N) is 2. The van der Waals surface area contributed by atoms with Gasteiger partial charge < -0.3 is 20.4 Å². The smallest absolute Gasteiger partial charge is 0.227 e. The van der Waals surface area contributed by atoms with E-state index < -0.39 is 0 Å². The van der Waals surface area contributed by atoms with Gasteiger partial charge in [0.05, 0.1) is 10.2 Å². The SMILES string of the molecule is CCN1CCN(c2ccc(Nc3ncnc4c(CCc5cc(NC(=O)C6CC6)ccc5C)csc34)cc2)CC1. The van der Waals surface area contributed by atoms with Crippen LogP contribution < -0.4 is 15.5 Å². The summed E-state index contributed by atoms with van der Waals surface area (Å²) >= 11 is 1.69. The van der Waals surface area contributed by atoms with Crippen molar-refractivity contribution in [3.63, 3.8) is 0 Å². The third-order valence-electron chi connectivity index (χ3n) is 7.97. The molecule has 39 heavy (non-hydrogen) atoms. The van der Waals surface area contributed by atoms with Crippen molar-refractivity contribution in [2.24, 2.45) is 5.92 Å². The Morgan fingerprint density at radius 1 is 0.974 bits per heavy atom. The van der Waals surface area contributed by atoms with Crippen molar-refractivity contribution in [2.45, 2.75) is 39.5 Å². The lowest BCUT2D eigenvalue weighted by atomic mass is 10.0. The number of amides is 1. The zero-order valence-electron chi connectivity index (χ0n) is 22.7. The molecule has 202 valence electrons. The summed E-state index contributed by atoms with van der Waals surface area (Å²) in [5, 5.41) is 8.81. The van der Waals surface area contributed by atoms with Gasteiger partial charge in [0.15, 0.2) is 5.82 Å². The lowest BCUT2D eigenvalue weighted by Gasteiger charge is -2.35. The van der Waals surface area contributed by atoms with Gasteiger partial charge >= 0.3 is 0 Å². The number of rotatable bonds is 9. The molecule has 1 saturated heterocycles. The molecule has 0 unspecified atom stereocenters. The minimum Gasteiger partial charge on any atom is -0.369 e. The van der Waals surface area contributed by atoms with E-state index in [0.29, 0.717) is 0 Å². The molecule has 3 heterocycles. The monoisotopic (exact) mass is 540 g/mol. The van der Waals surface area contributed by atoms with Gasteiger partial charge in [-0.15, -0.1) is 11.3 Å². The molecule has 1 aliphatic carbocycles. The van der Waals surface area contributed by atoms with Crippen LogP contribution in [0.25, 0.3) is 10.2 Å². The summed E-state index contributed by atoms with van der Waals surface area (Å²) in [7, 11) is 0. The van der Waals surface area contributed by atoms with Crippen LogP contribution in [0.15, 0.2) is 54.2 Å². The summed E-state index contributed by atoms with van der Waals surface area (Å²) < 4.78 is 1.08. The minimum absolute atomic E-state index is 0.148. The summed E-state index contributed by atoms with van der Waals surface area (Å²) in [4.78, 5) is 26.4. The average Bonchev–Trinajstić information content (AvgIpc) is 3.74. The Balaban J connectivity index is 1.12. The minimum atomic E-state index is 0.148. The number of aromatic nitrogens is 2. The Bertz CT molecular complexity index is 1450. The highest BCUT2D eigenvalue weighted by molar-refractivity contribution is 7.18. The van der Waals surface area contributed by atoms with Crippen molar-refractivity contribution in [1.82, 2.24) is 14.9 Å². The number of carbonyl (C=O) groups is 1. The Labute approximate surface area is 234 Å². The van der Waals surface area contributed by atoms with Crippen LogP contribution in [0.4, 0.5) is 22.9 Å². The summed E-state index contributed by atoms with van der Waals surface area (Å²) in [6, 6.07) is 14.9. The number of thiophene rings is 1. The third kappa shape index (κ3) is 5.92. The van der Waals surface area contributed by atoms with Gasteiger partial charge in [-0.1, -0.05) is 13.0 Å². The second-order valence-electron chi connectivity index (χ2n) is 10.7. The number of nitrogens with zero attached hydrogens (tertiary/aromatic N) is 4. The highest BCUT2D eigenvalue weighted by Crippen LogP contribution is 2.33. The van der Waals surface area contributed by atoms with Gasteiger partial charge in [0, 0.05) is 49.2 Å². The maximum atomic E-state index is 12.2. The average molecular weight is 541 g/mol. The Morgan fingerprint density at radius 2 is 1.72 bits per heavy atom. The number of anilines is 4. The number of likely N-dealkylation sites (N-methyl/N-ethyl adjacent to an activating group) is 1. The molecule has 2 aromatic carbocycles. The number of benzene rings is 2. The molecule has 4 aromatic rings. The van der Waals surface area contributed by atoms with Gasteiger partial charge in [-0.25, -0.2) is 9.97 Å². The fraction of sp³-hybridized carbons (Fsp3) is 0.387. The molecule has 1 saturated carbocycles. The highest BCUT2D eigenvalue weighted by atomic mass is 32.1. The van der Waals surface area contributed by atoms with E-state index in [0.717, 1.165) is 85.8 Å². The van der Waals surface area contributed by atoms with Crippen LogP contribution >= 0.6 is 11.3 Å². The number of hydrogen-bond donors (Lipinski definition) is 2. The van der Waals surface area contributed by atoms with Gasteiger partial charge in [0.1, 0.15) is 6.33 Å². The molecule has 0 radical (unpaired) electrons. The predicted octanol–water partition coefficient (Wildman–Crippen LogP) is 6.02. The fourth-order valence-corrected chi connectivity index (χ4v) is 6.26. The largest absolute Gasteiger partial charge is 0.369 e. The second-order valence-corrected chi connectivity index (χ2v) is 11.5. The van der Waals surface area contributed by atoms with Crippen LogP contribution in [0.2, 0.25) is 0 Å². The number of aryl methyl sites for hydroxylation is 3. The zero-order valence-corrected chi connectivity index (χ0v) is 23.6. The Morgan fingerprint density at radius 3 is 2.46 bits per heavy atom. The maximum Gasteiger partial charge on any atom is 0.227 e. The summed E-state index contributed by atoms with van der Waals surface area (Å²) in [6.45, 7) is 9.88. The summed E-state index contributed by atoms with van der Waals surface area (Å²) in [5.41, 5.74) is 7.94. The molecule has 0 atom stereocenters. The summed E-state index contributed by atoms with van der Waals surface area (Å²) in [5.74, 6) is 1.20. The first-order valence-corrected chi connectivity index (χ1v) is 14.9. The third-order valence-corrected chi connectivity index (χ3v) is 8.99. The standard InChI is InChI=1S/C31H36N6OS/c1-3-36-14-16-37(17-15-36)27-12-10-25(11-13-27)34-30-29-28(32-20-33-30)24(19-39-29)8-7-23-18-26(9-4-21(23)2)35-31(38)22-5-6-22/h4,9-13,18-20,22H,3,5-8,14-17H2,1-2H3,(H,35,38)(H,32,33,34). The van der Waals surface area contributed by atoms with Crippen molar-refractivity contribution < 1.29 is 4.79 Å². The lowest BCUT2D eigenvalue weighted by Crippen LogP contribution is -2.46. The number of hydrogen-bond acceptors (Lipinski definition) is 7. The number of carbonyl (C=O) groups excluding carboxylic acids is 1. The molecule has 2 aromatic heterocycles. The fourth-order valence-electron chi connectivity index (χ4n) is 5.26. The molecule has 1 amide bonds. The zero-order chi connectivity index (χ0) is 26.8. The molecule has 0 spiro atoms. The highest BCUT2D eigenvalue weighted by Gasteiger charge is 2.29. The van der Waals surface area contributed by atoms with E-state index in [1.165, 1.54) is 22.4 Å². The van der Waals surface area contributed by atoms with Gasteiger partial charge in [0.25, 0.3) is 0 Å². The lowest BCUT2D eigenvalue weighted by molar-refractivity contribution is -0.117. The molecule has 2 aliphatic rings. The van der Waals surface area contributed by atoms with Crippen LogP contribution in [0.3, 0.4) is 0 Å². The van der Waals surface area contributed by atoms with Crippen LogP contribution in [0.1, 0.15) is 36.5 Å². The molecule has 7 nitrogen and oxygen atoms in total. The molecule has 1 aliphatic heterocycles. The van der Waals surface area contributed by atoms with Crippen molar-refractivity contribution in [1.29, 1.82) is 0 Å². The van der Waals surface area contributed by atoms with Crippen LogP contribution in [0.5, 0.6) is 0 Å². The van der Waals surface area contributed by atoms with Crippen molar-refractivity contribution in [3.05, 3.63) is 70.9 Å². The topological polar surface area (TPSA) is 73.4 Å². The molecule has 2 N–H and O–H groups in total. The van der Waals surface area contributed by atoms with Gasteiger partial charge in [0.2, 0.25) is 5.91 Å².